The summed E-state index contributed by atoms with van der Waals surface area (Å²) >= 11 is 0. The summed E-state index contributed by atoms with van der Waals surface area (Å²) in [6, 6.07) is 6.20. The van der Waals surface area contributed by atoms with Crippen LogP contribution >= 0.6 is 0 Å². The van der Waals surface area contributed by atoms with E-state index in [0.717, 1.165) is 5.76 Å². The SMILES string of the molecule is CNC(c1ccc(C)o1)c1ccc(C)c(F)c1F. The number of halogens is 2. The molecule has 0 spiro atoms. The van der Waals surface area contributed by atoms with Crippen LogP contribution in [-0.4, -0.2) is 7.05 Å². The molecule has 18 heavy (non-hydrogen) atoms. The Labute approximate surface area is 105 Å². The molecule has 1 aromatic carbocycles. The zero-order chi connectivity index (χ0) is 13.3. The third kappa shape index (κ3) is 2.16. The second kappa shape index (κ2) is 4.90. The number of nitrogens with one attached hydrogen (secondary N) is 1. The molecule has 0 amide bonds. The van der Waals surface area contributed by atoms with Gasteiger partial charge in [-0.2, -0.15) is 0 Å². The molecule has 0 aliphatic heterocycles. The van der Waals surface area contributed by atoms with Gasteiger partial charge in [-0.1, -0.05) is 12.1 Å². The number of rotatable bonds is 3. The Morgan fingerprint density at radius 3 is 2.33 bits per heavy atom. The van der Waals surface area contributed by atoms with Crippen molar-refractivity contribution in [2.24, 2.45) is 0 Å². The van der Waals surface area contributed by atoms with Gasteiger partial charge in [0.2, 0.25) is 0 Å². The Morgan fingerprint density at radius 1 is 1.06 bits per heavy atom. The average molecular weight is 251 g/mol. The number of hydrogen-bond acceptors (Lipinski definition) is 2. The van der Waals surface area contributed by atoms with Gasteiger partial charge in [0.05, 0.1) is 6.04 Å². The van der Waals surface area contributed by atoms with Crippen LogP contribution in [0.5, 0.6) is 0 Å². The molecule has 1 heterocycles. The minimum atomic E-state index is -0.830. The second-order valence-corrected chi connectivity index (χ2v) is 4.27. The molecule has 0 radical (unpaired) electrons. The molecule has 1 unspecified atom stereocenters. The Bertz CT molecular complexity index is 563. The van der Waals surface area contributed by atoms with Crippen LogP contribution in [0.3, 0.4) is 0 Å². The van der Waals surface area contributed by atoms with Gasteiger partial charge < -0.3 is 9.73 Å². The molecule has 1 aromatic heterocycles. The maximum absolute atomic E-state index is 13.9. The first-order valence-electron chi connectivity index (χ1n) is 5.72. The van der Waals surface area contributed by atoms with Gasteiger partial charge in [0.25, 0.3) is 0 Å². The van der Waals surface area contributed by atoms with E-state index in [2.05, 4.69) is 5.32 Å². The minimum Gasteiger partial charge on any atom is -0.464 e. The van der Waals surface area contributed by atoms with Crippen LogP contribution in [0.1, 0.15) is 28.7 Å². The summed E-state index contributed by atoms with van der Waals surface area (Å²) < 4.78 is 33.0. The van der Waals surface area contributed by atoms with Crippen LogP contribution in [0.4, 0.5) is 8.78 Å². The predicted molar refractivity (Wildman–Crippen MR) is 65.4 cm³/mol. The summed E-state index contributed by atoms with van der Waals surface area (Å²) in [5, 5.41) is 2.94. The largest absolute Gasteiger partial charge is 0.464 e. The molecule has 0 aliphatic rings. The molecule has 0 fully saturated rings. The monoisotopic (exact) mass is 251 g/mol. The first-order valence-corrected chi connectivity index (χ1v) is 5.72. The number of aryl methyl sites for hydroxylation is 2. The van der Waals surface area contributed by atoms with Gasteiger partial charge in [-0.15, -0.1) is 0 Å². The Kier molecular flexibility index (Phi) is 3.48. The smallest absolute Gasteiger partial charge is 0.164 e. The number of benzene rings is 1. The lowest BCUT2D eigenvalue weighted by Gasteiger charge is -2.16. The van der Waals surface area contributed by atoms with E-state index < -0.39 is 17.7 Å². The summed E-state index contributed by atoms with van der Waals surface area (Å²) in [6.45, 7) is 3.34. The van der Waals surface area contributed by atoms with Crippen LogP contribution < -0.4 is 5.32 Å². The lowest BCUT2D eigenvalue weighted by Crippen LogP contribution is -2.19. The first kappa shape index (κ1) is 12.8. The molecule has 1 N–H and O–H groups in total. The number of hydrogen-bond donors (Lipinski definition) is 1. The molecule has 0 saturated heterocycles. The van der Waals surface area contributed by atoms with Crippen molar-refractivity contribution in [3.63, 3.8) is 0 Å². The fourth-order valence-corrected chi connectivity index (χ4v) is 1.94. The van der Waals surface area contributed by atoms with Gasteiger partial charge in [0, 0.05) is 5.56 Å². The topological polar surface area (TPSA) is 25.2 Å². The molecule has 0 aliphatic carbocycles. The van der Waals surface area contributed by atoms with Gasteiger partial charge in [-0.05, 0) is 38.6 Å². The fraction of sp³-hybridized carbons (Fsp3) is 0.286. The highest BCUT2D eigenvalue weighted by molar-refractivity contribution is 5.32. The normalized spacial score (nSPS) is 12.7. The molecule has 2 nitrogen and oxygen atoms in total. The number of furan rings is 1. The molecule has 0 saturated carbocycles. The third-order valence-corrected chi connectivity index (χ3v) is 2.95. The van der Waals surface area contributed by atoms with E-state index in [0.29, 0.717) is 11.3 Å². The van der Waals surface area contributed by atoms with Crippen molar-refractivity contribution in [2.45, 2.75) is 19.9 Å². The molecule has 4 heteroatoms. The van der Waals surface area contributed by atoms with E-state index in [1.54, 1.807) is 31.3 Å². The molecule has 1 atom stereocenters. The molecule has 2 rings (SSSR count). The first-order chi connectivity index (χ1) is 8.54. The van der Waals surface area contributed by atoms with Gasteiger partial charge in [-0.3, -0.25) is 0 Å². The highest BCUT2D eigenvalue weighted by Crippen LogP contribution is 2.27. The van der Waals surface area contributed by atoms with E-state index in [9.17, 15) is 8.78 Å². The third-order valence-electron chi connectivity index (χ3n) is 2.95. The minimum absolute atomic E-state index is 0.245. The van der Waals surface area contributed by atoms with E-state index >= 15 is 0 Å². The zero-order valence-corrected chi connectivity index (χ0v) is 10.6. The van der Waals surface area contributed by atoms with E-state index in [-0.39, 0.29) is 5.56 Å². The summed E-state index contributed by atoms with van der Waals surface area (Å²) in [7, 11) is 1.68. The summed E-state index contributed by atoms with van der Waals surface area (Å²) in [5.74, 6) is -0.338. The summed E-state index contributed by atoms with van der Waals surface area (Å²) in [4.78, 5) is 0. The molecular weight excluding hydrogens is 236 g/mol. The maximum Gasteiger partial charge on any atom is 0.164 e. The van der Waals surface area contributed by atoms with E-state index in [4.69, 9.17) is 4.42 Å². The van der Waals surface area contributed by atoms with Crippen molar-refractivity contribution in [3.8, 4) is 0 Å². The van der Waals surface area contributed by atoms with Crippen molar-refractivity contribution in [2.75, 3.05) is 7.05 Å². The fourth-order valence-electron chi connectivity index (χ4n) is 1.94. The predicted octanol–water partition coefficient (Wildman–Crippen LogP) is 3.48. The maximum atomic E-state index is 13.9. The van der Waals surface area contributed by atoms with E-state index in [1.165, 1.54) is 6.92 Å². The van der Waals surface area contributed by atoms with Crippen molar-refractivity contribution < 1.29 is 13.2 Å². The van der Waals surface area contributed by atoms with Crippen LogP contribution in [0.25, 0.3) is 0 Å². The average Bonchev–Trinajstić information content (AvgIpc) is 2.77. The lowest BCUT2D eigenvalue weighted by molar-refractivity contribution is 0.426. The summed E-state index contributed by atoms with van der Waals surface area (Å²) in [5.41, 5.74) is 0.539. The molecular formula is C14H15F2NO. The Balaban J connectivity index is 2.49. The summed E-state index contributed by atoms with van der Waals surface area (Å²) in [6.07, 6.45) is 0. The van der Waals surface area contributed by atoms with Crippen molar-refractivity contribution in [1.82, 2.24) is 5.32 Å². The van der Waals surface area contributed by atoms with Crippen LogP contribution in [0.15, 0.2) is 28.7 Å². The highest BCUT2D eigenvalue weighted by Gasteiger charge is 2.22. The van der Waals surface area contributed by atoms with Crippen molar-refractivity contribution in [3.05, 3.63) is 58.5 Å². The quantitative estimate of drug-likeness (QED) is 0.903. The van der Waals surface area contributed by atoms with Crippen LogP contribution in [0, 0.1) is 25.5 Å². The van der Waals surface area contributed by atoms with Crippen molar-refractivity contribution >= 4 is 0 Å². The standard InChI is InChI=1S/C14H15F2NO/c1-8-4-6-10(13(16)12(8)15)14(17-3)11-7-5-9(2)18-11/h4-7,14,17H,1-3H3. The van der Waals surface area contributed by atoms with Gasteiger partial charge in [0.1, 0.15) is 11.5 Å². The molecule has 0 bridgehead atoms. The van der Waals surface area contributed by atoms with Gasteiger partial charge >= 0.3 is 0 Å². The molecule has 2 aromatic rings. The van der Waals surface area contributed by atoms with Crippen LogP contribution in [0.2, 0.25) is 0 Å². The Hall–Kier alpha value is -1.68. The zero-order valence-electron chi connectivity index (χ0n) is 10.6. The van der Waals surface area contributed by atoms with Crippen LogP contribution in [-0.2, 0) is 0 Å². The van der Waals surface area contributed by atoms with Crippen molar-refractivity contribution in [1.29, 1.82) is 0 Å². The lowest BCUT2D eigenvalue weighted by atomic mass is 10.0. The Morgan fingerprint density at radius 2 is 1.78 bits per heavy atom. The van der Waals surface area contributed by atoms with E-state index in [1.807, 2.05) is 6.92 Å². The highest BCUT2D eigenvalue weighted by atomic mass is 19.2. The van der Waals surface area contributed by atoms with Gasteiger partial charge in [0.15, 0.2) is 11.6 Å². The molecule has 96 valence electrons. The second-order valence-electron chi connectivity index (χ2n) is 4.27. The van der Waals surface area contributed by atoms with Gasteiger partial charge in [-0.25, -0.2) is 8.78 Å².